The number of ketones is 1. The molecule has 0 N–H and O–H groups in total. The fraction of sp³-hybridized carbons (Fsp3) is 0.818. The lowest BCUT2D eigenvalue weighted by Gasteiger charge is -2.27. The number of ether oxygens (including phenoxy) is 1. The van der Waals surface area contributed by atoms with Crippen LogP contribution < -0.4 is 0 Å². The van der Waals surface area contributed by atoms with Gasteiger partial charge in [0.15, 0.2) is 0 Å². The van der Waals surface area contributed by atoms with Crippen LogP contribution in [0.3, 0.4) is 0 Å². The molecule has 4 nitrogen and oxygen atoms in total. The smallest absolute Gasteiger partial charge is 0.133 e. The molecule has 0 aromatic rings. The minimum absolute atomic E-state index is 0.157. The molecule has 0 aromatic heterocycles. The fourth-order valence-corrected chi connectivity index (χ4v) is 1.67. The fourth-order valence-electron chi connectivity index (χ4n) is 1.67. The molecule has 0 aromatic carbocycles. The van der Waals surface area contributed by atoms with Crippen molar-refractivity contribution >= 4 is 5.78 Å². The van der Waals surface area contributed by atoms with Crippen molar-refractivity contribution in [2.24, 2.45) is 5.92 Å². The molecule has 0 spiro atoms. The SMILES string of the molecule is CCC(=O)CC(C#N)CN1CCOCC1. The van der Waals surface area contributed by atoms with Gasteiger partial charge in [0, 0.05) is 32.5 Å². The highest BCUT2D eigenvalue weighted by Gasteiger charge is 2.18. The Labute approximate surface area is 90.8 Å². The van der Waals surface area contributed by atoms with Crippen LogP contribution in [-0.4, -0.2) is 43.5 Å². The second-order valence-electron chi connectivity index (χ2n) is 3.84. The molecule has 1 saturated heterocycles. The number of morpholine rings is 1. The molecule has 1 unspecified atom stereocenters. The Bertz CT molecular complexity index is 241. The van der Waals surface area contributed by atoms with Crippen LogP contribution >= 0.6 is 0 Å². The van der Waals surface area contributed by atoms with Crippen LogP contribution in [0.4, 0.5) is 0 Å². The van der Waals surface area contributed by atoms with Gasteiger partial charge in [-0.05, 0) is 0 Å². The van der Waals surface area contributed by atoms with Crippen LogP contribution in [0.2, 0.25) is 0 Å². The van der Waals surface area contributed by atoms with Gasteiger partial charge in [-0.2, -0.15) is 5.26 Å². The van der Waals surface area contributed by atoms with Crippen molar-refractivity contribution in [3.8, 4) is 6.07 Å². The van der Waals surface area contributed by atoms with Gasteiger partial charge >= 0.3 is 0 Å². The van der Waals surface area contributed by atoms with E-state index < -0.39 is 0 Å². The quantitative estimate of drug-likeness (QED) is 0.674. The topological polar surface area (TPSA) is 53.3 Å². The van der Waals surface area contributed by atoms with Gasteiger partial charge in [0.2, 0.25) is 0 Å². The predicted octanol–water partition coefficient (Wildman–Crippen LogP) is 0.828. The number of nitriles is 1. The second-order valence-corrected chi connectivity index (χ2v) is 3.84. The molecule has 1 aliphatic heterocycles. The molecular formula is C11H18N2O2. The van der Waals surface area contributed by atoms with Crippen molar-refractivity contribution in [3.63, 3.8) is 0 Å². The summed E-state index contributed by atoms with van der Waals surface area (Å²) in [7, 11) is 0. The van der Waals surface area contributed by atoms with E-state index in [9.17, 15) is 4.79 Å². The third-order valence-electron chi connectivity index (χ3n) is 2.63. The monoisotopic (exact) mass is 210 g/mol. The molecule has 1 rings (SSSR count). The van der Waals surface area contributed by atoms with Crippen LogP contribution in [0.1, 0.15) is 19.8 Å². The van der Waals surface area contributed by atoms with Crippen LogP contribution in [0.25, 0.3) is 0 Å². The van der Waals surface area contributed by atoms with E-state index in [0.717, 1.165) is 26.3 Å². The van der Waals surface area contributed by atoms with Crippen LogP contribution in [0.5, 0.6) is 0 Å². The Morgan fingerprint density at radius 2 is 2.20 bits per heavy atom. The minimum atomic E-state index is -0.157. The van der Waals surface area contributed by atoms with Crippen LogP contribution in [0, 0.1) is 17.2 Å². The Morgan fingerprint density at radius 1 is 1.53 bits per heavy atom. The molecule has 0 bridgehead atoms. The number of carbonyl (C=O) groups is 1. The van der Waals surface area contributed by atoms with Crippen molar-refractivity contribution in [2.45, 2.75) is 19.8 Å². The zero-order valence-electron chi connectivity index (χ0n) is 9.24. The van der Waals surface area contributed by atoms with E-state index in [1.807, 2.05) is 6.92 Å². The maximum atomic E-state index is 11.2. The van der Waals surface area contributed by atoms with E-state index in [1.165, 1.54) is 0 Å². The lowest BCUT2D eigenvalue weighted by molar-refractivity contribution is -0.119. The first-order chi connectivity index (χ1) is 7.26. The van der Waals surface area contributed by atoms with Gasteiger partial charge in [0.25, 0.3) is 0 Å². The highest BCUT2D eigenvalue weighted by Crippen LogP contribution is 2.08. The van der Waals surface area contributed by atoms with Crippen LogP contribution in [-0.2, 0) is 9.53 Å². The number of hydrogen-bond acceptors (Lipinski definition) is 4. The highest BCUT2D eigenvalue weighted by atomic mass is 16.5. The summed E-state index contributed by atoms with van der Waals surface area (Å²) in [5, 5.41) is 8.94. The minimum Gasteiger partial charge on any atom is -0.379 e. The summed E-state index contributed by atoms with van der Waals surface area (Å²) < 4.78 is 5.23. The lowest BCUT2D eigenvalue weighted by Crippen LogP contribution is -2.39. The summed E-state index contributed by atoms with van der Waals surface area (Å²) in [5.74, 6) is 0.0189. The maximum Gasteiger partial charge on any atom is 0.133 e. The summed E-state index contributed by atoms with van der Waals surface area (Å²) in [5.41, 5.74) is 0. The molecule has 1 atom stereocenters. The number of hydrogen-bond donors (Lipinski definition) is 0. The third kappa shape index (κ3) is 4.41. The number of Topliss-reactive ketones (excluding diaryl/α,β-unsaturated/α-hetero) is 1. The lowest BCUT2D eigenvalue weighted by atomic mass is 10.0. The Kier molecular flexibility index (Phi) is 5.30. The summed E-state index contributed by atoms with van der Waals surface area (Å²) in [6.07, 6.45) is 0.922. The van der Waals surface area contributed by atoms with E-state index >= 15 is 0 Å². The van der Waals surface area contributed by atoms with Gasteiger partial charge in [-0.15, -0.1) is 0 Å². The number of nitrogens with zero attached hydrogens (tertiary/aromatic N) is 2. The van der Waals surface area contributed by atoms with Gasteiger partial charge in [0.1, 0.15) is 5.78 Å². The van der Waals surface area contributed by atoms with Crippen molar-refractivity contribution < 1.29 is 9.53 Å². The van der Waals surface area contributed by atoms with Crippen molar-refractivity contribution in [1.29, 1.82) is 5.26 Å². The van der Waals surface area contributed by atoms with Gasteiger partial charge < -0.3 is 4.74 Å². The first-order valence-electron chi connectivity index (χ1n) is 5.47. The average molecular weight is 210 g/mol. The summed E-state index contributed by atoms with van der Waals surface area (Å²) in [6.45, 7) is 5.76. The first kappa shape index (κ1) is 12.2. The molecule has 1 aliphatic rings. The highest BCUT2D eigenvalue weighted by molar-refractivity contribution is 5.78. The van der Waals surface area contributed by atoms with Crippen molar-refractivity contribution in [1.82, 2.24) is 4.90 Å². The molecule has 84 valence electrons. The Balaban J connectivity index is 2.32. The standard InChI is InChI=1S/C11H18N2O2/c1-2-11(14)7-10(8-12)9-13-3-5-15-6-4-13/h10H,2-7,9H2,1H3. The van der Waals surface area contributed by atoms with Gasteiger partial charge in [-0.1, -0.05) is 6.92 Å². The average Bonchev–Trinajstić information content (AvgIpc) is 2.29. The normalized spacial score (nSPS) is 19.5. The second kappa shape index (κ2) is 6.54. The summed E-state index contributed by atoms with van der Waals surface area (Å²) in [4.78, 5) is 13.4. The summed E-state index contributed by atoms with van der Waals surface area (Å²) >= 11 is 0. The van der Waals surface area contributed by atoms with E-state index in [0.29, 0.717) is 19.4 Å². The van der Waals surface area contributed by atoms with E-state index in [4.69, 9.17) is 10.00 Å². The predicted molar refractivity (Wildman–Crippen MR) is 56.3 cm³/mol. The maximum absolute atomic E-state index is 11.2. The number of rotatable bonds is 5. The molecule has 0 radical (unpaired) electrons. The number of carbonyl (C=O) groups excluding carboxylic acids is 1. The molecular weight excluding hydrogens is 192 g/mol. The molecule has 15 heavy (non-hydrogen) atoms. The summed E-state index contributed by atoms with van der Waals surface area (Å²) in [6, 6.07) is 2.21. The van der Waals surface area contributed by atoms with Gasteiger partial charge in [-0.3, -0.25) is 9.69 Å². The van der Waals surface area contributed by atoms with Crippen molar-refractivity contribution in [3.05, 3.63) is 0 Å². The molecule has 0 saturated carbocycles. The first-order valence-corrected chi connectivity index (χ1v) is 5.47. The zero-order chi connectivity index (χ0) is 11.1. The van der Waals surface area contributed by atoms with Crippen LogP contribution in [0.15, 0.2) is 0 Å². The molecule has 4 heteroatoms. The zero-order valence-corrected chi connectivity index (χ0v) is 9.24. The van der Waals surface area contributed by atoms with E-state index in [-0.39, 0.29) is 11.7 Å². The Morgan fingerprint density at radius 3 is 2.73 bits per heavy atom. The largest absolute Gasteiger partial charge is 0.379 e. The van der Waals surface area contributed by atoms with Crippen molar-refractivity contribution in [2.75, 3.05) is 32.8 Å². The molecule has 1 fully saturated rings. The van der Waals surface area contributed by atoms with Gasteiger partial charge in [-0.25, -0.2) is 0 Å². The third-order valence-corrected chi connectivity index (χ3v) is 2.63. The van der Waals surface area contributed by atoms with Gasteiger partial charge in [0.05, 0.1) is 25.2 Å². The van der Waals surface area contributed by atoms with E-state index in [2.05, 4.69) is 11.0 Å². The molecule has 1 heterocycles. The molecule has 0 amide bonds. The Hall–Kier alpha value is -0.920. The van der Waals surface area contributed by atoms with E-state index in [1.54, 1.807) is 0 Å². The molecule has 0 aliphatic carbocycles.